The Labute approximate surface area is 147 Å². The monoisotopic (exact) mass is 337 g/mol. The Bertz CT molecular complexity index is 847. The Morgan fingerprint density at radius 1 is 1.16 bits per heavy atom. The van der Waals surface area contributed by atoms with Crippen LogP contribution in [0.2, 0.25) is 0 Å². The van der Waals surface area contributed by atoms with E-state index in [1.165, 1.54) is 6.33 Å². The van der Waals surface area contributed by atoms with Crippen LogP contribution in [0.4, 0.5) is 11.6 Å². The summed E-state index contributed by atoms with van der Waals surface area (Å²) in [5.74, 6) is 0.601. The van der Waals surface area contributed by atoms with Gasteiger partial charge in [0.2, 0.25) is 5.95 Å². The van der Waals surface area contributed by atoms with Crippen LogP contribution in [0.5, 0.6) is 0 Å². The number of fused-ring (bicyclic) bond motifs is 2. The largest absolute Gasteiger partial charge is 0.378 e. The summed E-state index contributed by atoms with van der Waals surface area (Å²) in [6, 6.07) is 8.16. The first-order valence-electron chi connectivity index (χ1n) is 8.63. The Kier molecular flexibility index (Phi) is 3.52. The van der Waals surface area contributed by atoms with Crippen molar-refractivity contribution in [3.8, 4) is 0 Å². The van der Waals surface area contributed by atoms with Gasteiger partial charge in [0.25, 0.3) is 0 Å². The van der Waals surface area contributed by atoms with Gasteiger partial charge in [0, 0.05) is 31.9 Å². The number of Topliss-reactive ketones (excluding diaryl/α,β-unsaturated/α-hetero) is 1. The van der Waals surface area contributed by atoms with Gasteiger partial charge in [0.15, 0.2) is 0 Å². The van der Waals surface area contributed by atoms with E-state index in [2.05, 4.69) is 58.1 Å². The van der Waals surface area contributed by atoms with Gasteiger partial charge in [-0.15, -0.1) is 0 Å². The van der Waals surface area contributed by atoms with Gasteiger partial charge in [-0.2, -0.15) is 10.1 Å². The number of carbonyl (C=O) groups is 1. The molecule has 0 radical (unpaired) electrons. The summed E-state index contributed by atoms with van der Waals surface area (Å²) < 4.78 is 1.80. The second kappa shape index (κ2) is 5.51. The standard InChI is InChI=1S/C19H23N5O/c1-19(2)9-14-16(15(25)10-19)17(24-18(22-14)20-11-21-24)12-5-7-13(8-6-12)23(3)4/h5-8,11,16-17H,9-10H2,1-4H3. The maximum absolute atomic E-state index is 13.0. The van der Waals surface area contributed by atoms with Gasteiger partial charge in [-0.1, -0.05) is 26.0 Å². The number of hydrogen-bond donors (Lipinski definition) is 0. The highest BCUT2D eigenvalue weighted by molar-refractivity contribution is 6.09. The number of anilines is 1. The van der Waals surface area contributed by atoms with Crippen LogP contribution in [-0.2, 0) is 4.79 Å². The zero-order valence-electron chi connectivity index (χ0n) is 15.1. The number of benzene rings is 1. The van der Waals surface area contributed by atoms with Crippen LogP contribution in [0.15, 0.2) is 35.6 Å². The molecule has 2 unspecified atom stereocenters. The molecule has 1 aromatic carbocycles. The van der Waals surface area contributed by atoms with Crippen molar-refractivity contribution in [1.82, 2.24) is 14.8 Å². The third-order valence-corrected chi connectivity index (χ3v) is 5.15. The first-order chi connectivity index (χ1) is 11.9. The minimum absolute atomic E-state index is 0.0477. The first kappa shape index (κ1) is 16.0. The third-order valence-electron chi connectivity index (χ3n) is 5.15. The Morgan fingerprint density at radius 2 is 1.88 bits per heavy atom. The predicted octanol–water partition coefficient (Wildman–Crippen LogP) is 3.02. The third kappa shape index (κ3) is 2.65. The normalized spacial score (nSPS) is 24.3. The number of carbonyl (C=O) groups excluding carboxylic acids is 1. The average molecular weight is 337 g/mol. The maximum Gasteiger partial charge on any atom is 0.248 e. The van der Waals surface area contributed by atoms with E-state index >= 15 is 0 Å². The highest BCUT2D eigenvalue weighted by Crippen LogP contribution is 2.44. The molecule has 0 spiro atoms. The van der Waals surface area contributed by atoms with Gasteiger partial charge in [-0.3, -0.25) is 4.79 Å². The number of aromatic nitrogens is 3. The zero-order chi connectivity index (χ0) is 17.8. The number of hydrogen-bond acceptors (Lipinski definition) is 5. The van der Waals surface area contributed by atoms with E-state index in [-0.39, 0.29) is 23.2 Å². The van der Waals surface area contributed by atoms with Crippen molar-refractivity contribution in [2.75, 3.05) is 19.0 Å². The lowest BCUT2D eigenvalue weighted by Gasteiger charge is -2.40. The molecule has 1 fully saturated rings. The fourth-order valence-electron chi connectivity index (χ4n) is 3.99. The van der Waals surface area contributed by atoms with Crippen molar-refractivity contribution in [2.24, 2.45) is 16.3 Å². The highest BCUT2D eigenvalue weighted by atomic mass is 16.1. The van der Waals surface area contributed by atoms with Crippen molar-refractivity contribution in [2.45, 2.75) is 32.7 Å². The Hall–Kier alpha value is -2.50. The minimum atomic E-state index is -0.243. The lowest BCUT2D eigenvalue weighted by molar-refractivity contribution is -0.124. The summed E-state index contributed by atoms with van der Waals surface area (Å²) in [7, 11) is 4.03. The molecule has 2 aromatic rings. The Balaban J connectivity index is 1.81. The highest BCUT2D eigenvalue weighted by Gasteiger charge is 2.46. The molecule has 0 bridgehead atoms. The summed E-state index contributed by atoms with van der Waals surface area (Å²) in [6.45, 7) is 4.26. The number of rotatable bonds is 2. The topological polar surface area (TPSA) is 63.4 Å². The van der Waals surface area contributed by atoms with E-state index in [0.717, 1.165) is 23.4 Å². The van der Waals surface area contributed by atoms with Crippen molar-refractivity contribution < 1.29 is 4.79 Å². The van der Waals surface area contributed by atoms with Gasteiger partial charge in [-0.05, 0) is 29.5 Å². The molecule has 2 atom stereocenters. The smallest absolute Gasteiger partial charge is 0.248 e. The van der Waals surface area contributed by atoms with Crippen molar-refractivity contribution in [3.63, 3.8) is 0 Å². The van der Waals surface area contributed by atoms with Crippen molar-refractivity contribution in [1.29, 1.82) is 0 Å². The summed E-state index contributed by atoms with van der Waals surface area (Å²) in [6.07, 6.45) is 2.92. The Morgan fingerprint density at radius 3 is 2.56 bits per heavy atom. The molecule has 0 saturated heterocycles. The van der Waals surface area contributed by atoms with E-state index in [0.29, 0.717) is 12.4 Å². The molecule has 0 amide bonds. The molecule has 6 nitrogen and oxygen atoms in total. The van der Waals surface area contributed by atoms with Crippen LogP contribution < -0.4 is 4.90 Å². The molecular formula is C19H23N5O. The molecule has 1 saturated carbocycles. The first-order valence-corrected chi connectivity index (χ1v) is 8.63. The molecule has 25 heavy (non-hydrogen) atoms. The molecule has 2 aliphatic rings. The van der Waals surface area contributed by atoms with Crippen LogP contribution in [0.25, 0.3) is 0 Å². The molecule has 4 rings (SSSR count). The molecule has 2 heterocycles. The summed E-state index contributed by atoms with van der Waals surface area (Å²) in [5, 5.41) is 4.37. The van der Waals surface area contributed by atoms with Gasteiger partial charge < -0.3 is 4.90 Å². The second-order valence-electron chi connectivity index (χ2n) is 8.00. The zero-order valence-corrected chi connectivity index (χ0v) is 15.1. The fourth-order valence-corrected chi connectivity index (χ4v) is 3.99. The minimum Gasteiger partial charge on any atom is -0.378 e. The molecule has 130 valence electrons. The number of ketones is 1. The van der Waals surface area contributed by atoms with E-state index in [1.807, 2.05) is 14.1 Å². The summed E-state index contributed by atoms with van der Waals surface area (Å²) in [5.41, 5.74) is 3.10. The predicted molar refractivity (Wildman–Crippen MR) is 97.5 cm³/mol. The van der Waals surface area contributed by atoms with Gasteiger partial charge in [0.05, 0.1) is 12.0 Å². The molecule has 6 heteroatoms. The van der Waals surface area contributed by atoms with Gasteiger partial charge in [-0.25, -0.2) is 9.67 Å². The van der Waals surface area contributed by atoms with Gasteiger partial charge in [0.1, 0.15) is 12.1 Å². The lowest BCUT2D eigenvalue weighted by Crippen LogP contribution is -2.44. The maximum atomic E-state index is 13.0. The van der Waals surface area contributed by atoms with Crippen molar-refractivity contribution in [3.05, 3.63) is 36.2 Å². The van der Waals surface area contributed by atoms with E-state index < -0.39 is 0 Å². The fraction of sp³-hybridized carbons (Fsp3) is 0.474. The van der Waals surface area contributed by atoms with Crippen LogP contribution in [0.1, 0.15) is 38.3 Å². The van der Waals surface area contributed by atoms with Crippen molar-refractivity contribution >= 4 is 23.1 Å². The van der Waals surface area contributed by atoms with Crippen LogP contribution in [0, 0.1) is 11.3 Å². The summed E-state index contributed by atoms with van der Waals surface area (Å²) in [4.78, 5) is 24.0. The van der Waals surface area contributed by atoms with E-state index in [9.17, 15) is 4.79 Å². The lowest BCUT2D eigenvalue weighted by atomic mass is 9.67. The molecule has 1 aliphatic heterocycles. The van der Waals surface area contributed by atoms with Crippen LogP contribution in [0.3, 0.4) is 0 Å². The van der Waals surface area contributed by atoms with Crippen LogP contribution in [-0.4, -0.2) is 40.4 Å². The van der Waals surface area contributed by atoms with Crippen LogP contribution >= 0.6 is 0 Å². The quantitative estimate of drug-likeness (QED) is 0.845. The SMILES string of the molecule is CN(C)c1ccc(C2C3C(=O)CC(C)(C)CC3=Nc3ncnn32)cc1. The van der Waals surface area contributed by atoms with E-state index in [1.54, 1.807) is 4.68 Å². The van der Waals surface area contributed by atoms with Gasteiger partial charge >= 0.3 is 0 Å². The number of nitrogens with zero attached hydrogens (tertiary/aromatic N) is 5. The average Bonchev–Trinajstić information content (AvgIpc) is 2.99. The second-order valence-corrected chi connectivity index (χ2v) is 8.00. The molecule has 0 N–H and O–H groups in total. The summed E-state index contributed by atoms with van der Waals surface area (Å²) >= 11 is 0. The molecule has 1 aromatic heterocycles. The number of aliphatic imine (C=N–C) groups is 1. The van der Waals surface area contributed by atoms with E-state index in [4.69, 9.17) is 0 Å². The molecule has 1 aliphatic carbocycles. The molecular weight excluding hydrogens is 314 g/mol.